The summed E-state index contributed by atoms with van der Waals surface area (Å²) in [7, 11) is 0. The van der Waals surface area contributed by atoms with Gasteiger partial charge >= 0.3 is 0 Å². The molecule has 0 aliphatic heterocycles. The van der Waals surface area contributed by atoms with E-state index in [0.717, 1.165) is 32.3 Å². The molecule has 0 spiro atoms. The number of carbonyl (C=O) groups excluding carboxylic acids is 1. The van der Waals surface area contributed by atoms with E-state index < -0.39 is 5.54 Å². The van der Waals surface area contributed by atoms with Crippen LogP contribution in [0.3, 0.4) is 0 Å². The molecule has 3 N–H and O–H groups in total. The average Bonchev–Trinajstić information content (AvgIpc) is 3.13. The SMILES string of the molecule is CCCCCCCOC1CCC(NC2CC2)(C(N)=O)C1. The van der Waals surface area contributed by atoms with Crippen LogP contribution in [-0.2, 0) is 9.53 Å². The van der Waals surface area contributed by atoms with E-state index in [1.165, 1.54) is 38.5 Å². The van der Waals surface area contributed by atoms with Crippen LogP contribution in [0.2, 0.25) is 0 Å². The number of amides is 1. The molecule has 116 valence electrons. The molecule has 0 aromatic rings. The summed E-state index contributed by atoms with van der Waals surface area (Å²) < 4.78 is 5.94. The molecule has 0 heterocycles. The number of ether oxygens (including phenoxy) is 1. The molecule has 4 heteroatoms. The Labute approximate surface area is 122 Å². The molecule has 20 heavy (non-hydrogen) atoms. The van der Waals surface area contributed by atoms with Gasteiger partial charge in [-0.05, 0) is 32.1 Å². The third kappa shape index (κ3) is 4.45. The van der Waals surface area contributed by atoms with Crippen LogP contribution in [0.5, 0.6) is 0 Å². The molecule has 0 radical (unpaired) electrons. The van der Waals surface area contributed by atoms with E-state index in [9.17, 15) is 4.79 Å². The van der Waals surface area contributed by atoms with Gasteiger partial charge in [-0.1, -0.05) is 32.6 Å². The van der Waals surface area contributed by atoms with Crippen molar-refractivity contribution in [3.8, 4) is 0 Å². The third-order valence-corrected chi connectivity index (χ3v) is 4.60. The maximum absolute atomic E-state index is 11.8. The lowest BCUT2D eigenvalue weighted by Gasteiger charge is -2.27. The molecule has 4 nitrogen and oxygen atoms in total. The zero-order chi connectivity index (χ0) is 14.4. The maximum Gasteiger partial charge on any atom is 0.237 e. The van der Waals surface area contributed by atoms with Crippen molar-refractivity contribution in [2.24, 2.45) is 5.73 Å². The largest absolute Gasteiger partial charge is 0.378 e. The summed E-state index contributed by atoms with van der Waals surface area (Å²) >= 11 is 0. The quantitative estimate of drug-likeness (QED) is 0.605. The summed E-state index contributed by atoms with van der Waals surface area (Å²) in [4.78, 5) is 11.8. The molecule has 2 rings (SSSR count). The highest BCUT2D eigenvalue weighted by Gasteiger charge is 2.47. The van der Waals surface area contributed by atoms with Crippen molar-refractivity contribution in [2.45, 2.75) is 88.8 Å². The molecule has 0 bridgehead atoms. The van der Waals surface area contributed by atoms with Crippen LogP contribution in [0.15, 0.2) is 0 Å². The first-order chi connectivity index (χ1) is 9.66. The number of nitrogens with one attached hydrogen (secondary N) is 1. The van der Waals surface area contributed by atoms with Gasteiger partial charge in [-0.3, -0.25) is 4.79 Å². The van der Waals surface area contributed by atoms with E-state index >= 15 is 0 Å². The van der Waals surface area contributed by atoms with Crippen molar-refractivity contribution in [1.82, 2.24) is 5.32 Å². The molecule has 0 aromatic carbocycles. The van der Waals surface area contributed by atoms with Crippen molar-refractivity contribution in [3.05, 3.63) is 0 Å². The summed E-state index contributed by atoms with van der Waals surface area (Å²) in [6, 6.07) is 0.510. The van der Waals surface area contributed by atoms with Crippen LogP contribution in [0, 0.1) is 0 Å². The van der Waals surface area contributed by atoms with Crippen molar-refractivity contribution >= 4 is 5.91 Å². The third-order valence-electron chi connectivity index (χ3n) is 4.60. The Kier molecular flexibility index (Phi) is 5.85. The van der Waals surface area contributed by atoms with E-state index in [0.29, 0.717) is 6.04 Å². The second-order valence-electron chi connectivity index (χ2n) is 6.51. The highest BCUT2D eigenvalue weighted by molar-refractivity contribution is 5.85. The van der Waals surface area contributed by atoms with Gasteiger partial charge in [0.1, 0.15) is 5.54 Å². The predicted octanol–water partition coefficient (Wildman–Crippen LogP) is 2.50. The zero-order valence-electron chi connectivity index (χ0n) is 12.8. The Hall–Kier alpha value is -0.610. The monoisotopic (exact) mass is 282 g/mol. The summed E-state index contributed by atoms with van der Waals surface area (Å²) in [5.74, 6) is -0.196. The van der Waals surface area contributed by atoms with Gasteiger partial charge in [0.2, 0.25) is 5.91 Å². The normalized spacial score (nSPS) is 29.8. The number of unbranched alkanes of at least 4 members (excludes halogenated alkanes) is 4. The van der Waals surface area contributed by atoms with E-state index in [4.69, 9.17) is 10.5 Å². The molecule has 2 aliphatic rings. The molecule has 2 aliphatic carbocycles. The minimum Gasteiger partial charge on any atom is -0.378 e. The Bertz CT molecular complexity index is 318. The van der Waals surface area contributed by atoms with Gasteiger partial charge in [-0.2, -0.15) is 0 Å². The van der Waals surface area contributed by atoms with Crippen LogP contribution in [0.1, 0.15) is 71.1 Å². The van der Waals surface area contributed by atoms with Crippen LogP contribution in [-0.4, -0.2) is 30.2 Å². The summed E-state index contributed by atoms with van der Waals surface area (Å²) in [6.45, 7) is 3.05. The minimum absolute atomic E-state index is 0.196. The Morgan fingerprint density at radius 1 is 1.25 bits per heavy atom. The molecule has 2 fully saturated rings. The van der Waals surface area contributed by atoms with E-state index in [1.807, 2.05) is 0 Å². The highest BCUT2D eigenvalue weighted by Crippen LogP contribution is 2.35. The lowest BCUT2D eigenvalue weighted by atomic mass is 9.96. The van der Waals surface area contributed by atoms with Gasteiger partial charge in [-0.25, -0.2) is 0 Å². The molecular weight excluding hydrogens is 252 g/mol. The smallest absolute Gasteiger partial charge is 0.237 e. The standard InChI is InChI=1S/C16H30N2O2/c1-2-3-4-5-6-11-20-14-9-10-16(12-14,15(17)19)18-13-7-8-13/h13-14,18H,2-12H2,1H3,(H2,17,19). The number of carbonyl (C=O) groups is 1. The topological polar surface area (TPSA) is 64.3 Å². The Morgan fingerprint density at radius 2 is 2.00 bits per heavy atom. The highest BCUT2D eigenvalue weighted by atomic mass is 16.5. The average molecular weight is 282 g/mol. The first-order valence-corrected chi connectivity index (χ1v) is 8.35. The van der Waals surface area contributed by atoms with Gasteiger partial charge in [-0.15, -0.1) is 0 Å². The second kappa shape index (κ2) is 7.41. The predicted molar refractivity (Wildman–Crippen MR) is 80.4 cm³/mol. The molecule has 2 unspecified atom stereocenters. The molecule has 2 saturated carbocycles. The number of hydrogen-bond donors (Lipinski definition) is 2. The molecule has 2 atom stereocenters. The number of hydrogen-bond acceptors (Lipinski definition) is 3. The first kappa shape index (κ1) is 15.8. The van der Waals surface area contributed by atoms with Crippen LogP contribution < -0.4 is 11.1 Å². The first-order valence-electron chi connectivity index (χ1n) is 8.35. The van der Waals surface area contributed by atoms with E-state index in [2.05, 4.69) is 12.2 Å². The summed E-state index contributed by atoms with van der Waals surface area (Å²) in [6.07, 6.45) is 11.4. The molecule has 0 aromatic heterocycles. The van der Waals surface area contributed by atoms with Crippen molar-refractivity contribution in [1.29, 1.82) is 0 Å². The fourth-order valence-corrected chi connectivity index (χ4v) is 3.14. The summed E-state index contributed by atoms with van der Waals surface area (Å²) in [5.41, 5.74) is 5.13. The van der Waals surface area contributed by atoms with Crippen molar-refractivity contribution < 1.29 is 9.53 Å². The number of primary amides is 1. The number of rotatable bonds is 10. The zero-order valence-corrected chi connectivity index (χ0v) is 12.8. The van der Waals surface area contributed by atoms with Crippen LogP contribution >= 0.6 is 0 Å². The van der Waals surface area contributed by atoms with Gasteiger partial charge in [0.25, 0.3) is 0 Å². The van der Waals surface area contributed by atoms with Gasteiger partial charge in [0.05, 0.1) is 6.10 Å². The van der Waals surface area contributed by atoms with Crippen molar-refractivity contribution in [2.75, 3.05) is 6.61 Å². The molecule has 1 amide bonds. The Morgan fingerprint density at radius 3 is 2.65 bits per heavy atom. The fourth-order valence-electron chi connectivity index (χ4n) is 3.14. The van der Waals surface area contributed by atoms with Crippen molar-refractivity contribution in [3.63, 3.8) is 0 Å². The molecular formula is C16H30N2O2. The lowest BCUT2D eigenvalue weighted by Crippen LogP contribution is -2.54. The molecule has 0 saturated heterocycles. The lowest BCUT2D eigenvalue weighted by molar-refractivity contribution is -0.124. The fraction of sp³-hybridized carbons (Fsp3) is 0.938. The maximum atomic E-state index is 11.8. The number of nitrogens with two attached hydrogens (primary N) is 1. The van der Waals surface area contributed by atoms with Crippen LogP contribution in [0.4, 0.5) is 0 Å². The van der Waals surface area contributed by atoms with Gasteiger partial charge in [0.15, 0.2) is 0 Å². The second-order valence-corrected chi connectivity index (χ2v) is 6.51. The van der Waals surface area contributed by atoms with Gasteiger partial charge in [0, 0.05) is 19.1 Å². The van der Waals surface area contributed by atoms with Gasteiger partial charge < -0.3 is 15.8 Å². The Balaban J connectivity index is 1.66. The minimum atomic E-state index is -0.492. The summed E-state index contributed by atoms with van der Waals surface area (Å²) in [5, 5.41) is 3.46. The van der Waals surface area contributed by atoms with Crippen LogP contribution in [0.25, 0.3) is 0 Å². The van der Waals surface area contributed by atoms with E-state index in [-0.39, 0.29) is 12.0 Å². The van der Waals surface area contributed by atoms with E-state index in [1.54, 1.807) is 0 Å².